The summed E-state index contributed by atoms with van der Waals surface area (Å²) in [7, 11) is 0. The zero-order valence-corrected chi connectivity index (χ0v) is 10.4. The molecule has 0 fully saturated rings. The number of nitrogen functional groups attached to an aromatic ring is 1. The van der Waals surface area contributed by atoms with Gasteiger partial charge in [0.25, 0.3) is 0 Å². The van der Waals surface area contributed by atoms with Gasteiger partial charge in [0.2, 0.25) is 0 Å². The standard InChI is InChI=1S/C10H17ClN4O/c1-3-15(5-6-16-4-2)10-8(11)9(12)13-7-14-10/h7H,3-6H2,1-2H3,(H2,12,13,14). The Morgan fingerprint density at radius 2 is 2.19 bits per heavy atom. The molecule has 1 aromatic rings. The SMILES string of the molecule is CCOCCN(CC)c1ncnc(N)c1Cl. The molecule has 0 saturated heterocycles. The van der Waals surface area contributed by atoms with Crippen LogP contribution in [-0.2, 0) is 4.74 Å². The van der Waals surface area contributed by atoms with E-state index in [1.54, 1.807) is 0 Å². The molecule has 5 nitrogen and oxygen atoms in total. The Bertz CT molecular complexity index is 335. The Kier molecular flexibility index (Phi) is 5.28. The van der Waals surface area contributed by atoms with Crippen molar-refractivity contribution in [1.82, 2.24) is 9.97 Å². The van der Waals surface area contributed by atoms with Gasteiger partial charge in [0, 0.05) is 19.7 Å². The van der Waals surface area contributed by atoms with E-state index in [1.165, 1.54) is 6.33 Å². The molecule has 0 aliphatic heterocycles. The second kappa shape index (κ2) is 6.50. The van der Waals surface area contributed by atoms with Crippen LogP contribution in [0.2, 0.25) is 5.02 Å². The number of nitrogens with zero attached hydrogens (tertiary/aromatic N) is 3. The summed E-state index contributed by atoms with van der Waals surface area (Å²) < 4.78 is 5.30. The highest BCUT2D eigenvalue weighted by atomic mass is 35.5. The Morgan fingerprint density at radius 3 is 2.81 bits per heavy atom. The van der Waals surface area contributed by atoms with Gasteiger partial charge in [-0.2, -0.15) is 0 Å². The second-order valence-corrected chi connectivity index (χ2v) is 3.55. The number of anilines is 2. The van der Waals surface area contributed by atoms with Gasteiger partial charge in [0.05, 0.1) is 6.61 Å². The summed E-state index contributed by atoms with van der Waals surface area (Å²) >= 11 is 6.05. The molecule has 1 aromatic heterocycles. The van der Waals surface area contributed by atoms with Crippen LogP contribution in [0.25, 0.3) is 0 Å². The van der Waals surface area contributed by atoms with E-state index in [2.05, 4.69) is 9.97 Å². The second-order valence-electron chi connectivity index (χ2n) is 3.17. The molecule has 0 atom stereocenters. The molecule has 6 heteroatoms. The van der Waals surface area contributed by atoms with Crippen LogP contribution < -0.4 is 10.6 Å². The number of nitrogens with two attached hydrogens (primary N) is 1. The van der Waals surface area contributed by atoms with E-state index in [-0.39, 0.29) is 0 Å². The van der Waals surface area contributed by atoms with Crippen LogP contribution in [0.5, 0.6) is 0 Å². The molecule has 1 heterocycles. The first kappa shape index (κ1) is 13.0. The number of likely N-dealkylation sites (N-methyl/N-ethyl adjacent to an activating group) is 1. The van der Waals surface area contributed by atoms with Crippen LogP contribution in [0.3, 0.4) is 0 Å². The van der Waals surface area contributed by atoms with Crippen molar-refractivity contribution in [3.8, 4) is 0 Å². The number of rotatable bonds is 6. The zero-order chi connectivity index (χ0) is 12.0. The van der Waals surface area contributed by atoms with Crippen LogP contribution in [0, 0.1) is 0 Å². The average molecular weight is 245 g/mol. The molecule has 0 amide bonds. The van der Waals surface area contributed by atoms with Gasteiger partial charge in [-0.1, -0.05) is 11.6 Å². The zero-order valence-electron chi connectivity index (χ0n) is 9.61. The molecule has 2 N–H and O–H groups in total. The van der Waals surface area contributed by atoms with Crippen LogP contribution in [0.1, 0.15) is 13.8 Å². The summed E-state index contributed by atoms with van der Waals surface area (Å²) in [6.07, 6.45) is 1.42. The maximum atomic E-state index is 6.05. The first-order valence-electron chi connectivity index (χ1n) is 5.29. The highest BCUT2D eigenvalue weighted by molar-refractivity contribution is 6.35. The van der Waals surface area contributed by atoms with Crippen molar-refractivity contribution in [2.75, 3.05) is 36.9 Å². The summed E-state index contributed by atoms with van der Waals surface area (Å²) in [6.45, 7) is 6.87. The van der Waals surface area contributed by atoms with Crippen LogP contribution in [0.4, 0.5) is 11.6 Å². The minimum Gasteiger partial charge on any atom is -0.382 e. The summed E-state index contributed by atoms with van der Waals surface area (Å²) in [5.41, 5.74) is 5.63. The van der Waals surface area contributed by atoms with Gasteiger partial charge in [-0.25, -0.2) is 9.97 Å². The monoisotopic (exact) mass is 244 g/mol. The quantitative estimate of drug-likeness (QED) is 0.770. The van der Waals surface area contributed by atoms with E-state index >= 15 is 0 Å². The third-order valence-corrected chi connectivity index (χ3v) is 2.55. The summed E-state index contributed by atoms with van der Waals surface area (Å²) in [6, 6.07) is 0. The normalized spacial score (nSPS) is 10.4. The highest BCUT2D eigenvalue weighted by Crippen LogP contribution is 2.26. The van der Waals surface area contributed by atoms with Gasteiger partial charge < -0.3 is 15.4 Å². The van der Waals surface area contributed by atoms with Crippen LogP contribution >= 0.6 is 11.6 Å². The Labute approximate surface area is 101 Å². The molecule has 90 valence electrons. The fourth-order valence-electron chi connectivity index (χ4n) is 1.33. The molecule has 0 unspecified atom stereocenters. The molecule has 0 aliphatic rings. The lowest BCUT2D eigenvalue weighted by Crippen LogP contribution is -2.28. The van der Waals surface area contributed by atoms with Crippen molar-refractivity contribution in [3.05, 3.63) is 11.3 Å². The van der Waals surface area contributed by atoms with Crippen molar-refractivity contribution in [2.45, 2.75) is 13.8 Å². The summed E-state index contributed by atoms with van der Waals surface area (Å²) in [5, 5.41) is 0.404. The molecular formula is C10H17ClN4O. The van der Waals surface area contributed by atoms with E-state index in [0.717, 1.165) is 13.1 Å². The van der Waals surface area contributed by atoms with Crippen molar-refractivity contribution in [2.24, 2.45) is 0 Å². The Morgan fingerprint density at radius 1 is 1.44 bits per heavy atom. The van der Waals surface area contributed by atoms with Crippen molar-refractivity contribution >= 4 is 23.2 Å². The smallest absolute Gasteiger partial charge is 0.153 e. The number of hydrogen-bond acceptors (Lipinski definition) is 5. The molecule has 0 radical (unpaired) electrons. The average Bonchev–Trinajstić information content (AvgIpc) is 2.29. The van der Waals surface area contributed by atoms with Gasteiger partial charge in [0.1, 0.15) is 17.2 Å². The fourth-order valence-corrected chi connectivity index (χ4v) is 1.54. The molecule has 0 aromatic carbocycles. The van der Waals surface area contributed by atoms with E-state index in [0.29, 0.717) is 29.9 Å². The maximum Gasteiger partial charge on any atom is 0.153 e. The van der Waals surface area contributed by atoms with E-state index in [4.69, 9.17) is 22.1 Å². The molecule has 0 spiro atoms. The van der Waals surface area contributed by atoms with E-state index in [9.17, 15) is 0 Å². The van der Waals surface area contributed by atoms with Gasteiger partial charge in [-0.3, -0.25) is 0 Å². The van der Waals surface area contributed by atoms with E-state index < -0.39 is 0 Å². The number of ether oxygens (including phenoxy) is 1. The number of halogens is 1. The van der Waals surface area contributed by atoms with Crippen molar-refractivity contribution < 1.29 is 4.74 Å². The van der Waals surface area contributed by atoms with Crippen molar-refractivity contribution in [3.63, 3.8) is 0 Å². The fraction of sp³-hybridized carbons (Fsp3) is 0.600. The third kappa shape index (κ3) is 3.21. The molecule has 1 rings (SSSR count). The number of hydrogen-bond donors (Lipinski definition) is 1. The van der Waals surface area contributed by atoms with Gasteiger partial charge in [-0.05, 0) is 13.8 Å². The van der Waals surface area contributed by atoms with Gasteiger partial charge in [0.15, 0.2) is 5.82 Å². The van der Waals surface area contributed by atoms with Crippen LogP contribution in [-0.4, -0.2) is 36.3 Å². The molecule has 0 aliphatic carbocycles. The lowest BCUT2D eigenvalue weighted by molar-refractivity contribution is 0.154. The number of aromatic nitrogens is 2. The lowest BCUT2D eigenvalue weighted by atomic mass is 10.4. The predicted octanol–water partition coefficient (Wildman–Crippen LogP) is 1.57. The topological polar surface area (TPSA) is 64.3 Å². The Hall–Kier alpha value is -1.07. The molecular weight excluding hydrogens is 228 g/mol. The highest BCUT2D eigenvalue weighted by Gasteiger charge is 2.12. The minimum absolute atomic E-state index is 0.307. The first-order valence-corrected chi connectivity index (χ1v) is 5.67. The van der Waals surface area contributed by atoms with Crippen LogP contribution in [0.15, 0.2) is 6.33 Å². The van der Waals surface area contributed by atoms with E-state index in [1.807, 2.05) is 18.7 Å². The predicted molar refractivity (Wildman–Crippen MR) is 65.8 cm³/mol. The molecule has 0 bridgehead atoms. The van der Waals surface area contributed by atoms with Crippen molar-refractivity contribution in [1.29, 1.82) is 0 Å². The minimum atomic E-state index is 0.307. The summed E-state index contributed by atoms with van der Waals surface area (Å²) in [5.74, 6) is 0.970. The van der Waals surface area contributed by atoms with Gasteiger partial charge in [-0.15, -0.1) is 0 Å². The lowest BCUT2D eigenvalue weighted by Gasteiger charge is -2.22. The summed E-state index contributed by atoms with van der Waals surface area (Å²) in [4.78, 5) is 9.98. The first-order chi connectivity index (χ1) is 7.70. The largest absolute Gasteiger partial charge is 0.382 e. The third-order valence-electron chi connectivity index (χ3n) is 2.19. The molecule has 0 saturated carbocycles. The Balaban J connectivity index is 2.74. The maximum absolute atomic E-state index is 6.05. The van der Waals surface area contributed by atoms with Gasteiger partial charge >= 0.3 is 0 Å². The molecule has 16 heavy (non-hydrogen) atoms.